The zero-order chi connectivity index (χ0) is 39.8. The van der Waals surface area contributed by atoms with E-state index in [1.165, 1.54) is 0 Å². The van der Waals surface area contributed by atoms with Crippen molar-refractivity contribution in [2.45, 2.75) is 135 Å². The number of carbonyl (C=O) groups excluding carboxylic acids is 2. The van der Waals surface area contributed by atoms with Gasteiger partial charge in [-0.2, -0.15) is 0 Å². The molecule has 0 aromatic rings. The SMILES string of the molecule is CC/C=C\C/C=C\C/C=C\C/C=C\CCCCC(=O)O[C@H](COC(=O)CCC/C=C\C/C=C\C/C=C\C=C\[C@H](O)CCCCC)COP(=O)(O)OCCN. The standard InChI is InChI=1S/C43H70NO9P/c1-3-5-7-8-9-10-11-12-13-14-17-21-24-27-31-35-43(47)53-41(39-52-54(48,49)51-37-36-44)38-50-42(46)34-30-26-23-20-18-15-16-19-22-25-29-33-40(45)32-28-6-4-2/h5,7,9-10,12-13,15-17,20-23,25,29,33,40-41,45H,3-4,6,8,11,14,18-19,24,26-28,30-32,34-39,44H2,1-2H3,(H,48,49)/b7-5-,10-9-,13-12-,16-15-,21-17-,23-20-,25-22-,33-29+/t40-,41-/m1/s1. The van der Waals surface area contributed by atoms with Crippen LogP contribution in [0, 0.1) is 0 Å². The second-order valence-electron chi connectivity index (χ2n) is 12.6. The minimum Gasteiger partial charge on any atom is -0.462 e. The highest BCUT2D eigenvalue weighted by Gasteiger charge is 2.25. The highest BCUT2D eigenvalue weighted by Crippen LogP contribution is 2.43. The number of rotatable bonds is 35. The third-order valence-corrected chi connectivity index (χ3v) is 8.54. The number of hydrogen-bond acceptors (Lipinski definition) is 9. The summed E-state index contributed by atoms with van der Waals surface area (Å²) in [4.78, 5) is 34.7. The molecule has 0 aliphatic heterocycles. The van der Waals surface area contributed by atoms with Gasteiger partial charge in [-0.3, -0.25) is 18.6 Å². The molecule has 0 fully saturated rings. The van der Waals surface area contributed by atoms with Crippen LogP contribution in [0.15, 0.2) is 97.2 Å². The van der Waals surface area contributed by atoms with E-state index in [1.807, 2.05) is 36.5 Å². The Morgan fingerprint density at radius 1 is 0.667 bits per heavy atom. The number of nitrogens with two attached hydrogens (primary N) is 1. The molecule has 306 valence electrons. The van der Waals surface area contributed by atoms with E-state index in [0.29, 0.717) is 19.3 Å². The van der Waals surface area contributed by atoms with Crippen LogP contribution in [0.2, 0.25) is 0 Å². The van der Waals surface area contributed by atoms with Crippen molar-refractivity contribution >= 4 is 19.8 Å². The quantitative estimate of drug-likeness (QED) is 0.0186. The minimum absolute atomic E-state index is 0.0266. The van der Waals surface area contributed by atoms with Crippen molar-refractivity contribution in [1.29, 1.82) is 0 Å². The number of carbonyl (C=O) groups is 2. The second-order valence-corrected chi connectivity index (χ2v) is 14.1. The van der Waals surface area contributed by atoms with Crippen LogP contribution in [-0.4, -0.2) is 60.5 Å². The summed E-state index contributed by atoms with van der Waals surface area (Å²) in [5, 5.41) is 9.88. The molecule has 0 aromatic heterocycles. The third-order valence-electron chi connectivity index (χ3n) is 7.56. The maximum Gasteiger partial charge on any atom is 0.472 e. The highest BCUT2D eigenvalue weighted by molar-refractivity contribution is 7.47. The number of phosphoric ester groups is 1. The molecule has 0 saturated carbocycles. The number of unbranched alkanes of at least 4 members (excludes halogenated alkanes) is 5. The lowest BCUT2D eigenvalue weighted by Gasteiger charge is -2.19. The molecule has 0 heterocycles. The summed E-state index contributed by atoms with van der Waals surface area (Å²) in [6, 6.07) is 0. The van der Waals surface area contributed by atoms with Crippen LogP contribution in [0.1, 0.15) is 123 Å². The molecule has 11 heteroatoms. The van der Waals surface area contributed by atoms with Crippen LogP contribution >= 0.6 is 7.82 Å². The lowest BCUT2D eigenvalue weighted by molar-refractivity contribution is -0.161. The molecule has 0 bridgehead atoms. The Morgan fingerprint density at radius 2 is 1.24 bits per heavy atom. The van der Waals surface area contributed by atoms with E-state index in [4.69, 9.17) is 24.3 Å². The topological polar surface area (TPSA) is 155 Å². The van der Waals surface area contributed by atoms with E-state index in [1.54, 1.807) is 0 Å². The van der Waals surface area contributed by atoms with Gasteiger partial charge < -0.3 is 25.2 Å². The average molecular weight is 776 g/mol. The number of esters is 2. The van der Waals surface area contributed by atoms with Crippen LogP contribution in [0.5, 0.6) is 0 Å². The lowest BCUT2D eigenvalue weighted by Crippen LogP contribution is -2.29. The van der Waals surface area contributed by atoms with E-state index >= 15 is 0 Å². The molecule has 10 nitrogen and oxygen atoms in total. The minimum atomic E-state index is -4.41. The van der Waals surface area contributed by atoms with E-state index in [0.717, 1.165) is 77.0 Å². The second kappa shape index (κ2) is 38.2. The van der Waals surface area contributed by atoms with E-state index < -0.39 is 32.5 Å². The first kappa shape index (κ1) is 50.9. The van der Waals surface area contributed by atoms with Crippen molar-refractivity contribution in [3.63, 3.8) is 0 Å². The highest BCUT2D eigenvalue weighted by atomic mass is 31.2. The van der Waals surface area contributed by atoms with Crippen molar-refractivity contribution < 1.29 is 42.7 Å². The van der Waals surface area contributed by atoms with Gasteiger partial charge >= 0.3 is 19.8 Å². The molecule has 4 N–H and O–H groups in total. The van der Waals surface area contributed by atoms with Crippen molar-refractivity contribution in [1.82, 2.24) is 0 Å². The number of allylic oxidation sites excluding steroid dienone is 15. The molecule has 0 aliphatic carbocycles. The fourth-order valence-corrected chi connectivity index (χ4v) is 5.37. The third kappa shape index (κ3) is 37.2. The van der Waals surface area contributed by atoms with Gasteiger partial charge in [0.25, 0.3) is 0 Å². The molecule has 0 radical (unpaired) electrons. The van der Waals surface area contributed by atoms with Gasteiger partial charge in [0.05, 0.1) is 19.3 Å². The first-order valence-electron chi connectivity index (χ1n) is 19.8. The van der Waals surface area contributed by atoms with Crippen LogP contribution in [0.4, 0.5) is 0 Å². The van der Waals surface area contributed by atoms with Crippen molar-refractivity contribution in [3.8, 4) is 0 Å². The van der Waals surface area contributed by atoms with Gasteiger partial charge in [-0.1, -0.05) is 130 Å². The number of aliphatic hydroxyl groups excluding tert-OH is 1. The Kier molecular flexibility index (Phi) is 36.0. The Labute approximate surface area is 326 Å². The lowest BCUT2D eigenvalue weighted by atomic mass is 10.1. The molecule has 0 aromatic carbocycles. The molecule has 54 heavy (non-hydrogen) atoms. The van der Waals surface area contributed by atoms with Crippen LogP contribution < -0.4 is 5.73 Å². The number of phosphoric acid groups is 1. The number of hydrogen-bond donors (Lipinski definition) is 3. The molecule has 0 aliphatic rings. The molecule has 0 spiro atoms. The fraction of sp³-hybridized carbons (Fsp3) is 0.581. The van der Waals surface area contributed by atoms with Crippen LogP contribution in [0.3, 0.4) is 0 Å². The molecule has 0 saturated heterocycles. The molecule has 1 unspecified atom stereocenters. The molecular weight excluding hydrogens is 705 g/mol. The maximum atomic E-state index is 12.5. The normalized spacial score (nSPS) is 15.0. The monoisotopic (exact) mass is 775 g/mol. The van der Waals surface area contributed by atoms with Gasteiger partial charge in [-0.15, -0.1) is 0 Å². The predicted molar refractivity (Wildman–Crippen MR) is 221 cm³/mol. The summed E-state index contributed by atoms with van der Waals surface area (Å²) in [7, 11) is -4.41. The van der Waals surface area contributed by atoms with Crippen molar-refractivity contribution in [2.24, 2.45) is 5.73 Å². The smallest absolute Gasteiger partial charge is 0.462 e. The first-order chi connectivity index (χ1) is 26.2. The van der Waals surface area contributed by atoms with Crippen LogP contribution in [0.25, 0.3) is 0 Å². The molecule has 0 amide bonds. The zero-order valence-corrected chi connectivity index (χ0v) is 33.9. The van der Waals surface area contributed by atoms with Gasteiger partial charge in [0, 0.05) is 19.4 Å². The average Bonchev–Trinajstić information content (AvgIpc) is 3.15. The maximum absolute atomic E-state index is 12.5. The largest absolute Gasteiger partial charge is 0.472 e. The Hall–Kier alpha value is -3.11. The summed E-state index contributed by atoms with van der Waals surface area (Å²) in [5.41, 5.74) is 5.32. The van der Waals surface area contributed by atoms with Gasteiger partial charge in [0.15, 0.2) is 6.10 Å². The number of ether oxygens (including phenoxy) is 2. The van der Waals surface area contributed by atoms with E-state index in [-0.39, 0.29) is 38.7 Å². The summed E-state index contributed by atoms with van der Waals surface area (Å²) in [6.45, 7) is 3.32. The molecule has 0 rings (SSSR count). The van der Waals surface area contributed by atoms with Gasteiger partial charge in [0.1, 0.15) is 6.61 Å². The summed E-state index contributed by atoms with van der Waals surface area (Å²) >= 11 is 0. The zero-order valence-electron chi connectivity index (χ0n) is 33.0. The van der Waals surface area contributed by atoms with Crippen molar-refractivity contribution in [3.05, 3.63) is 97.2 Å². The van der Waals surface area contributed by atoms with Gasteiger partial charge in [0.2, 0.25) is 0 Å². The molecule has 3 atom stereocenters. The summed E-state index contributed by atoms with van der Waals surface area (Å²) < 4.78 is 32.6. The summed E-state index contributed by atoms with van der Waals surface area (Å²) in [5.74, 6) is -0.983. The Morgan fingerprint density at radius 3 is 1.85 bits per heavy atom. The Balaban J connectivity index is 4.44. The van der Waals surface area contributed by atoms with E-state index in [2.05, 4.69) is 74.6 Å². The Bertz CT molecular complexity index is 1220. The van der Waals surface area contributed by atoms with Gasteiger partial charge in [-0.25, -0.2) is 4.57 Å². The van der Waals surface area contributed by atoms with Crippen LogP contribution in [-0.2, 0) is 32.7 Å². The van der Waals surface area contributed by atoms with Crippen molar-refractivity contribution in [2.75, 3.05) is 26.4 Å². The predicted octanol–water partition coefficient (Wildman–Crippen LogP) is 10.0. The molecular formula is C43H70NO9P. The van der Waals surface area contributed by atoms with E-state index in [9.17, 15) is 24.2 Å². The summed E-state index contributed by atoms with van der Waals surface area (Å²) in [6.07, 6.45) is 44.9. The number of aliphatic hydroxyl groups is 1. The fourth-order valence-electron chi connectivity index (χ4n) is 4.61. The van der Waals surface area contributed by atoms with Gasteiger partial charge in [-0.05, 0) is 77.0 Å². The first-order valence-corrected chi connectivity index (χ1v) is 21.3.